The Kier molecular flexibility index (Phi) is 4.60. The lowest BCUT2D eigenvalue weighted by atomic mass is 9.96. The monoisotopic (exact) mass is 353 g/mol. The Morgan fingerprint density at radius 1 is 1.15 bits per heavy atom. The van der Waals surface area contributed by atoms with Gasteiger partial charge in [-0.1, -0.05) is 0 Å². The van der Waals surface area contributed by atoms with Gasteiger partial charge in [-0.2, -0.15) is 0 Å². The van der Waals surface area contributed by atoms with E-state index >= 15 is 0 Å². The molecule has 0 bridgehead atoms. The van der Waals surface area contributed by atoms with E-state index in [2.05, 4.69) is 15.3 Å². The van der Waals surface area contributed by atoms with Gasteiger partial charge in [-0.25, -0.2) is 9.78 Å². The summed E-state index contributed by atoms with van der Waals surface area (Å²) in [6.07, 6.45) is 6.97. The quantitative estimate of drug-likeness (QED) is 0.890. The van der Waals surface area contributed by atoms with Gasteiger partial charge in [-0.15, -0.1) is 0 Å². The second-order valence-electron chi connectivity index (χ2n) is 6.86. The van der Waals surface area contributed by atoms with Gasteiger partial charge in [-0.3, -0.25) is 4.79 Å². The van der Waals surface area contributed by atoms with Crippen LogP contribution in [0.25, 0.3) is 0 Å². The molecule has 0 atom stereocenters. The van der Waals surface area contributed by atoms with Crippen LogP contribution in [-0.4, -0.2) is 46.4 Å². The lowest BCUT2D eigenvalue weighted by Crippen LogP contribution is -2.40. The van der Waals surface area contributed by atoms with Gasteiger partial charge in [0.05, 0.1) is 0 Å². The number of amides is 3. The summed E-state index contributed by atoms with van der Waals surface area (Å²) < 4.78 is 0. The van der Waals surface area contributed by atoms with Gasteiger partial charge in [0.2, 0.25) is 5.91 Å². The zero-order valence-electron chi connectivity index (χ0n) is 14.6. The molecule has 2 N–H and O–H groups in total. The first-order chi connectivity index (χ1) is 12.7. The highest BCUT2D eigenvalue weighted by molar-refractivity contribution is 5.96. The van der Waals surface area contributed by atoms with Crippen LogP contribution in [0.15, 0.2) is 36.7 Å². The predicted octanol–water partition coefficient (Wildman–Crippen LogP) is 2.95. The zero-order chi connectivity index (χ0) is 17.9. The van der Waals surface area contributed by atoms with Gasteiger partial charge >= 0.3 is 6.03 Å². The fourth-order valence-electron chi connectivity index (χ4n) is 3.71. The van der Waals surface area contributed by atoms with Gasteiger partial charge in [0.1, 0.15) is 5.82 Å². The fourth-order valence-corrected chi connectivity index (χ4v) is 3.71. The van der Waals surface area contributed by atoms with E-state index in [-0.39, 0.29) is 11.9 Å². The second kappa shape index (κ2) is 7.19. The highest BCUT2D eigenvalue weighted by Crippen LogP contribution is 2.26. The number of aromatic nitrogens is 2. The molecule has 136 valence electrons. The van der Waals surface area contributed by atoms with E-state index in [1.165, 1.54) is 0 Å². The topological polar surface area (TPSA) is 81.3 Å². The molecule has 26 heavy (non-hydrogen) atoms. The number of aromatic amines is 1. The maximum atomic E-state index is 12.5. The first kappa shape index (κ1) is 16.6. The average molecular weight is 353 g/mol. The summed E-state index contributed by atoms with van der Waals surface area (Å²) in [7, 11) is 0. The molecular formula is C19H23N5O2. The number of nitrogens with zero attached hydrogens (tertiary/aromatic N) is 3. The fraction of sp³-hybridized carbons (Fsp3) is 0.421. The van der Waals surface area contributed by atoms with Crippen molar-refractivity contribution < 1.29 is 9.59 Å². The van der Waals surface area contributed by atoms with Crippen molar-refractivity contribution in [3.8, 4) is 0 Å². The number of benzene rings is 1. The number of rotatable bonds is 3. The van der Waals surface area contributed by atoms with Crippen LogP contribution in [0, 0.1) is 0 Å². The van der Waals surface area contributed by atoms with Crippen molar-refractivity contribution in [1.29, 1.82) is 0 Å². The van der Waals surface area contributed by atoms with E-state index in [4.69, 9.17) is 0 Å². The normalized spacial score (nSPS) is 18.4. The summed E-state index contributed by atoms with van der Waals surface area (Å²) in [5, 5.41) is 2.95. The van der Waals surface area contributed by atoms with Crippen LogP contribution in [-0.2, 0) is 4.79 Å². The van der Waals surface area contributed by atoms with E-state index in [1.807, 2.05) is 35.4 Å². The van der Waals surface area contributed by atoms with Crippen LogP contribution in [0.5, 0.6) is 0 Å². The number of piperidine rings is 1. The Hall–Kier alpha value is -2.83. The Labute approximate surface area is 152 Å². The third-order valence-electron chi connectivity index (χ3n) is 5.19. The van der Waals surface area contributed by atoms with E-state index in [1.54, 1.807) is 11.1 Å². The van der Waals surface area contributed by atoms with Gasteiger partial charge in [0, 0.05) is 55.7 Å². The minimum Gasteiger partial charge on any atom is -0.348 e. The molecule has 0 spiro atoms. The van der Waals surface area contributed by atoms with Crippen LogP contribution >= 0.6 is 0 Å². The SMILES string of the molecule is O=C(Nc1ccc(N2CCCC2=O)cc1)N1CCC(c2ncc[nH]2)CC1. The maximum absolute atomic E-state index is 12.5. The molecular weight excluding hydrogens is 330 g/mol. The number of hydrogen-bond donors (Lipinski definition) is 2. The summed E-state index contributed by atoms with van der Waals surface area (Å²) in [6.45, 7) is 2.21. The Morgan fingerprint density at radius 3 is 2.54 bits per heavy atom. The molecule has 0 radical (unpaired) electrons. The lowest BCUT2D eigenvalue weighted by Gasteiger charge is -2.31. The standard InChI is InChI=1S/C19H23N5O2/c25-17-2-1-11-24(17)16-5-3-15(4-6-16)22-19(26)23-12-7-14(8-13-23)18-20-9-10-21-18/h3-6,9-10,14H,1-2,7-8,11-13H2,(H,20,21)(H,22,26). The summed E-state index contributed by atoms with van der Waals surface area (Å²) in [4.78, 5) is 35.4. The zero-order valence-corrected chi connectivity index (χ0v) is 14.6. The van der Waals surface area contributed by atoms with E-state index in [0.717, 1.165) is 56.1 Å². The summed E-state index contributed by atoms with van der Waals surface area (Å²) in [5.41, 5.74) is 1.64. The third kappa shape index (κ3) is 3.42. The van der Waals surface area contributed by atoms with Crippen LogP contribution in [0.4, 0.5) is 16.2 Å². The highest BCUT2D eigenvalue weighted by Gasteiger charge is 2.25. The Balaban J connectivity index is 1.31. The molecule has 7 nitrogen and oxygen atoms in total. The molecule has 1 aromatic heterocycles. The van der Waals surface area contributed by atoms with Crippen molar-refractivity contribution in [1.82, 2.24) is 14.9 Å². The van der Waals surface area contributed by atoms with Crippen LogP contribution in [0.1, 0.15) is 37.4 Å². The molecule has 3 heterocycles. The van der Waals surface area contributed by atoms with Crippen molar-refractivity contribution in [2.45, 2.75) is 31.6 Å². The molecule has 1 aromatic carbocycles. The lowest BCUT2D eigenvalue weighted by molar-refractivity contribution is -0.117. The number of H-pyrrole nitrogens is 1. The first-order valence-corrected chi connectivity index (χ1v) is 9.16. The minimum atomic E-state index is -0.0760. The number of urea groups is 1. The molecule has 0 aliphatic carbocycles. The maximum Gasteiger partial charge on any atom is 0.321 e. The Bertz CT molecular complexity index is 764. The summed E-state index contributed by atoms with van der Waals surface area (Å²) >= 11 is 0. The number of anilines is 2. The molecule has 2 aliphatic rings. The largest absolute Gasteiger partial charge is 0.348 e. The smallest absolute Gasteiger partial charge is 0.321 e. The molecule has 2 aliphatic heterocycles. The Morgan fingerprint density at radius 2 is 1.92 bits per heavy atom. The molecule has 2 fully saturated rings. The molecule has 3 amide bonds. The second-order valence-corrected chi connectivity index (χ2v) is 6.86. The third-order valence-corrected chi connectivity index (χ3v) is 5.19. The van der Waals surface area contributed by atoms with Gasteiger partial charge < -0.3 is 20.1 Å². The first-order valence-electron chi connectivity index (χ1n) is 9.16. The summed E-state index contributed by atoms with van der Waals surface area (Å²) in [6, 6.07) is 7.42. The van der Waals surface area contributed by atoms with Crippen LogP contribution in [0.3, 0.4) is 0 Å². The number of hydrogen-bond acceptors (Lipinski definition) is 3. The van der Waals surface area contributed by atoms with Crippen molar-refractivity contribution in [2.24, 2.45) is 0 Å². The van der Waals surface area contributed by atoms with Crippen molar-refractivity contribution in [3.05, 3.63) is 42.5 Å². The highest BCUT2D eigenvalue weighted by atomic mass is 16.2. The van der Waals surface area contributed by atoms with Crippen molar-refractivity contribution >= 4 is 23.3 Å². The van der Waals surface area contributed by atoms with Gasteiger partial charge in [0.15, 0.2) is 0 Å². The average Bonchev–Trinajstić information content (AvgIpc) is 3.34. The van der Waals surface area contributed by atoms with Crippen LogP contribution in [0.2, 0.25) is 0 Å². The number of likely N-dealkylation sites (tertiary alicyclic amines) is 1. The number of nitrogens with one attached hydrogen (secondary N) is 2. The molecule has 2 aromatic rings. The minimum absolute atomic E-state index is 0.0760. The predicted molar refractivity (Wildman–Crippen MR) is 99.2 cm³/mol. The molecule has 0 saturated carbocycles. The van der Waals surface area contributed by atoms with Crippen molar-refractivity contribution in [3.63, 3.8) is 0 Å². The molecule has 4 rings (SSSR count). The molecule has 2 saturated heterocycles. The summed E-state index contributed by atoms with van der Waals surface area (Å²) in [5.74, 6) is 1.57. The number of carbonyl (C=O) groups is 2. The number of imidazole rings is 1. The van der Waals surface area contributed by atoms with E-state index in [0.29, 0.717) is 12.3 Å². The van der Waals surface area contributed by atoms with Gasteiger partial charge in [0.25, 0.3) is 0 Å². The molecule has 7 heteroatoms. The van der Waals surface area contributed by atoms with Crippen molar-refractivity contribution in [2.75, 3.05) is 29.9 Å². The molecule has 0 unspecified atom stereocenters. The van der Waals surface area contributed by atoms with Crippen LogP contribution < -0.4 is 10.2 Å². The van der Waals surface area contributed by atoms with E-state index < -0.39 is 0 Å². The van der Waals surface area contributed by atoms with E-state index in [9.17, 15) is 9.59 Å². The number of carbonyl (C=O) groups excluding carboxylic acids is 2. The van der Waals surface area contributed by atoms with Gasteiger partial charge in [-0.05, 0) is 43.5 Å².